The van der Waals surface area contributed by atoms with E-state index < -0.39 is 6.04 Å². The van der Waals surface area contributed by atoms with Crippen LogP contribution < -0.4 is 5.73 Å². The minimum Gasteiger partial charge on any atom is -0.508 e. The summed E-state index contributed by atoms with van der Waals surface area (Å²) in [6, 6.07) is 18.5. The molecule has 0 aliphatic carbocycles. The largest absolute Gasteiger partial charge is 0.508 e. The molecule has 0 amide bonds. The van der Waals surface area contributed by atoms with E-state index in [2.05, 4.69) is 0 Å². The molecule has 0 aromatic heterocycles. The Labute approximate surface area is 122 Å². The van der Waals surface area contributed by atoms with Crippen LogP contribution in [0.2, 0.25) is 5.02 Å². The molecule has 0 spiro atoms. The van der Waals surface area contributed by atoms with Crippen molar-refractivity contribution in [2.75, 3.05) is 0 Å². The van der Waals surface area contributed by atoms with Gasteiger partial charge in [0.25, 0.3) is 0 Å². The molecule has 3 aromatic rings. The van der Waals surface area contributed by atoms with Crippen LogP contribution in [0.25, 0.3) is 10.8 Å². The van der Waals surface area contributed by atoms with Gasteiger partial charge in [-0.1, -0.05) is 54.1 Å². The maximum Gasteiger partial charge on any atom is 0.121 e. The van der Waals surface area contributed by atoms with Crippen LogP contribution in [0.3, 0.4) is 0 Å². The molecular weight excluding hydrogens is 270 g/mol. The third-order valence-corrected chi connectivity index (χ3v) is 3.74. The minimum absolute atomic E-state index is 0.214. The summed E-state index contributed by atoms with van der Waals surface area (Å²) in [5, 5.41) is 12.9. The molecule has 3 rings (SSSR count). The average molecular weight is 284 g/mol. The molecule has 0 aliphatic rings. The third-order valence-electron chi connectivity index (χ3n) is 3.49. The van der Waals surface area contributed by atoms with Crippen molar-refractivity contribution in [2.24, 2.45) is 5.73 Å². The highest BCUT2D eigenvalue weighted by atomic mass is 35.5. The van der Waals surface area contributed by atoms with Crippen molar-refractivity contribution in [2.45, 2.75) is 6.04 Å². The summed E-state index contributed by atoms with van der Waals surface area (Å²) in [6.07, 6.45) is 0. The summed E-state index contributed by atoms with van der Waals surface area (Å²) >= 11 is 5.90. The van der Waals surface area contributed by atoms with Crippen molar-refractivity contribution < 1.29 is 5.11 Å². The fraction of sp³-hybridized carbons (Fsp3) is 0.0588. The van der Waals surface area contributed by atoms with Gasteiger partial charge in [0, 0.05) is 10.6 Å². The number of benzene rings is 3. The van der Waals surface area contributed by atoms with Gasteiger partial charge in [0.05, 0.1) is 6.04 Å². The molecule has 0 bridgehead atoms. The number of halogens is 1. The Kier molecular flexibility index (Phi) is 3.35. The van der Waals surface area contributed by atoms with Gasteiger partial charge in [-0.2, -0.15) is 0 Å². The zero-order valence-corrected chi connectivity index (χ0v) is 11.5. The summed E-state index contributed by atoms with van der Waals surface area (Å²) < 4.78 is 0. The number of nitrogens with two attached hydrogens (primary N) is 1. The van der Waals surface area contributed by atoms with Crippen LogP contribution in [0.5, 0.6) is 5.75 Å². The molecule has 2 nitrogen and oxygen atoms in total. The SMILES string of the molecule is N[C@@H](c1ccc(Cl)cc1)c1c(O)ccc2ccccc12. The number of phenols is 1. The van der Waals surface area contributed by atoms with Crippen molar-refractivity contribution >= 4 is 22.4 Å². The van der Waals surface area contributed by atoms with Crippen LogP contribution >= 0.6 is 11.6 Å². The van der Waals surface area contributed by atoms with Crippen molar-refractivity contribution in [3.8, 4) is 5.75 Å². The molecule has 3 aromatic carbocycles. The molecule has 20 heavy (non-hydrogen) atoms. The average Bonchev–Trinajstić information content (AvgIpc) is 2.47. The number of rotatable bonds is 2. The van der Waals surface area contributed by atoms with Gasteiger partial charge in [-0.25, -0.2) is 0 Å². The molecule has 0 unspecified atom stereocenters. The number of hydrogen-bond donors (Lipinski definition) is 2. The molecule has 0 aliphatic heterocycles. The molecule has 0 saturated carbocycles. The molecule has 0 radical (unpaired) electrons. The van der Waals surface area contributed by atoms with E-state index in [1.807, 2.05) is 42.5 Å². The van der Waals surface area contributed by atoms with Gasteiger partial charge in [-0.3, -0.25) is 0 Å². The van der Waals surface area contributed by atoms with Gasteiger partial charge in [-0.05, 0) is 34.5 Å². The highest BCUT2D eigenvalue weighted by Crippen LogP contribution is 2.34. The second-order valence-corrected chi connectivity index (χ2v) is 5.19. The van der Waals surface area contributed by atoms with Gasteiger partial charge in [-0.15, -0.1) is 0 Å². The van der Waals surface area contributed by atoms with Crippen LogP contribution in [-0.4, -0.2) is 5.11 Å². The van der Waals surface area contributed by atoms with Crippen LogP contribution in [0.15, 0.2) is 60.7 Å². The normalized spacial score (nSPS) is 12.5. The van der Waals surface area contributed by atoms with Crippen molar-refractivity contribution in [1.82, 2.24) is 0 Å². The molecule has 3 N–H and O–H groups in total. The number of phenolic OH excluding ortho intramolecular Hbond substituents is 1. The zero-order valence-electron chi connectivity index (χ0n) is 10.8. The molecule has 1 atom stereocenters. The van der Waals surface area contributed by atoms with E-state index in [0.29, 0.717) is 5.02 Å². The van der Waals surface area contributed by atoms with E-state index in [0.717, 1.165) is 21.9 Å². The Hall–Kier alpha value is -2.03. The summed E-state index contributed by atoms with van der Waals surface area (Å²) in [4.78, 5) is 0. The number of hydrogen-bond acceptors (Lipinski definition) is 2. The van der Waals surface area contributed by atoms with Crippen LogP contribution in [0.4, 0.5) is 0 Å². The number of fused-ring (bicyclic) bond motifs is 1. The predicted molar refractivity (Wildman–Crippen MR) is 83.1 cm³/mol. The smallest absolute Gasteiger partial charge is 0.121 e. The quantitative estimate of drug-likeness (QED) is 0.739. The van der Waals surface area contributed by atoms with Gasteiger partial charge in [0.15, 0.2) is 0 Å². The van der Waals surface area contributed by atoms with Gasteiger partial charge >= 0.3 is 0 Å². The minimum atomic E-state index is -0.390. The predicted octanol–water partition coefficient (Wildman–Crippen LogP) is 4.25. The zero-order chi connectivity index (χ0) is 14.1. The fourth-order valence-electron chi connectivity index (χ4n) is 2.45. The second-order valence-electron chi connectivity index (χ2n) is 4.75. The number of aromatic hydroxyl groups is 1. The molecule has 0 saturated heterocycles. The maximum absolute atomic E-state index is 10.2. The van der Waals surface area contributed by atoms with E-state index in [1.165, 1.54) is 0 Å². The van der Waals surface area contributed by atoms with Crippen LogP contribution in [-0.2, 0) is 0 Å². The first kappa shape index (κ1) is 13.0. The molecule has 0 fully saturated rings. The van der Waals surface area contributed by atoms with Crippen LogP contribution in [0, 0.1) is 0 Å². The lowest BCUT2D eigenvalue weighted by Crippen LogP contribution is -2.12. The van der Waals surface area contributed by atoms with Crippen molar-refractivity contribution in [3.63, 3.8) is 0 Å². The molecule has 3 heteroatoms. The summed E-state index contributed by atoms with van der Waals surface area (Å²) in [6.45, 7) is 0. The van der Waals surface area contributed by atoms with E-state index in [9.17, 15) is 5.11 Å². The Morgan fingerprint density at radius 1 is 0.900 bits per heavy atom. The second kappa shape index (κ2) is 5.16. The highest BCUT2D eigenvalue weighted by Gasteiger charge is 2.16. The summed E-state index contributed by atoms with van der Waals surface area (Å²) in [7, 11) is 0. The Bertz CT molecular complexity index is 753. The van der Waals surface area contributed by atoms with E-state index >= 15 is 0 Å². The highest BCUT2D eigenvalue weighted by molar-refractivity contribution is 6.30. The first-order valence-electron chi connectivity index (χ1n) is 6.38. The summed E-state index contributed by atoms with van der Waals surface area (Å²) in [5.41, 5.74) is 7.99. The Morgan fingerprint density at radius 2 is 1.60 bits per heavy atom. The monoisotopic (exact) mass is 283 g/mol. The first-order valence-corrected chi connectivity index (χ1v) is 6.76. The van der Waals surface area contributed by atoms with Crippen molar-refractivity contribution in [3.05, 3.63) is 76.8 Å². The van der Waals surface area contributed by atoms with Gasteiger partial charge in [0.1, 0.15) is 5.75 Å². The molecule has 100 valence electrons. The Balaban J connectivity index is 2.18. The lowest BCUT2D eigenvalue weighted by atomic mass is 9.93. The van der Waals surface area contributed by atoms with Gasteiger partial charge in [0.2, 0.25) is 0 Å². The fourth-order valence-corrected chi connectivity index (χ4v) is 2.57. The van der Waals surface area contributed by atoms with Crippen molar-refractivity contribution in [1.29, 1.82) is 0 Å². The van der Waals surface area contributed by atoms with E-state index in [4.69, 9.17) is 17.3 Å². The maximum atomic E-state index is 10.2. The lowest BCUT2D eigenvalue weighted by Gasteiger charge is -2.17. The topological polar surface area (TPSA) is 46.2 Å². The van der Waals surface area contributed by atoms with Crippen LogP contribution in [0.1, 0.15) is 17.2 Å². The first-order chi connectivity index (χ1) is 9.66. The standard InChI is InChI=1S/C17H14ClNO/c18-13-8-5-12(6-9-13)17(19)16-14-4-2-1-3-11(14)7-10-15(16)20/h1-10,17,20H,19H2/t17-/m0/s1. The lowest BCUT2D eigenvalue weighted by molar-refractivity contribution is 0.466. The summed E-state index contributed by atoms with van der Waals surface area (Å²) in [5.74, 6) is 0.214. The van der Waals surface area contributed by atoms with E-state index in [-0.39, 0.29) is 5.75 Å². The Morgan fingerprint density at radius 3 is 2.35 bits per heavy atom. The molecular formula is C17H14ClNO. The van der Waals surface area contributed by atoms with E-state index in [1.54, 1.807) is 18.2 Å². The third kappa shape index (κ3) is 2.24. The van der Waals surface area contributed by atoms with Gasteiger partial charge < -0.3 is 10.8 Å². The molecule has 0 heterocycles.